The normalized spacial score (nSPS) is 38.1. The maximum Gasteiger partial charge on any atom is 0.282 e. The predicted molar refractivity (Wildman–Crippen MR) is 48.2 cm³/mol. The molecule has 3 saturated heterocycles. The van der Waals surface area contributed by atoms with Gasteiger partial charge in [-0.2, -0.15) is 0 Å². The van der Waals surface area contributed by atoms with Crippen LogP contribution in [0.1, 0.15) is 32.6 Å². The first-order valence-corrected chi connectivity index (χ1v) is 5.26. The van der Waals surface area contributed by atoms with E-state index in [2.05, 4.69) is 6.92 Å². The monoisotopic (exact) mass is 186 g/mol. The summed E-state index contributed by atoms with van der Waals surface area (Å²) in [6.45, 7) is 4.63. The van der Waals surface area contributed by atoms with Crippen LogP contribution in [0.5, 0.6) is 0 Å². The molecule has 0 unspecified atom stereocenters. The van der Waals surface area contributed by atoms with Gasteiger partial charge in [0.15, 0.2) is 0 Å². The summed E-state index contributed by atoms with van der Waals surface area (Å²) >= 11 is 0. The molecule has 3 heterocycles. The van der Waals surface area contributed by atoms with Crippen molar-refractivity contribution in [1.29, 1.82) is 0 Å². The molecule has 3 fully saturated rings. The molecule has 3 aliphatic heterocycles. The van der Waals surface area contributed by atoms with Gasteiger partial charge in [-0.3, -0.25) is 0 Å². The molecule has 2 bridgehead atoms. The van der Waals surface area contributed by atoms with Gasteiger partial charge in [0.05, 0.1) is 19.8 Å². The van der Waals surface area contributed by atoms with Gasteiger partial charge in [0.1, 0.15) is 0 Å². The highest BCUT2D eigenvalue weighted by Crippen LogP contribution is 2.34. The standard InChI is InChI=1S/C10H18O3/c1-2-3-4-5-10-11-6-9(7-12-10)8-13-10/h9H,2-8H2,1H3. The Morgan fingerprint density at radius 1 is 1.08 bits per heavy atom. The fraction of sp³-hybridized carbons (Fsp3) is 1.00. The largest absolute Gasteiger partial charge is 0.327 e. The van der Waals surface area contributed by atoms with Crippen LogP contribution in [0, 0.1) is 5.92 Å². The fourth-order valence-electron chi connectivity index (χ4n) is 1.81. The van der Waals surface area contributed by atoms with E-state index in [-0.39, 0.29) is 0 Å². The highest BCUT2D eigenvalue weighted by atomic mass is 16.9. The van der Waals surface area contributed by atoms with Crippen molar-refractivity contribution in [3.63, 3.8) is 0 Å². The second-order valence-electron chi connectivity index (χ2n) is 3.94. The van der Waals surface area contributed by atoms with Gasteiger partial charge >= 0.3 is 0 Å². The molecule has 0 aliphatic carbocycles. The smallest absolute Gasteiger partial charge is 0.282 e. The van der Waals surface area contributed by atoms with Crippen molar-refractivity contribution in [2.75, 3.05) is 19.8 Å². The lowest BCUT2D eigenvalue weighted by Gasteiger charge is -2.45. The van der Waals surface area contributed by atoms with Crippen molar-refractivity contribution in [2.24, 2.45) is 5.92 Å². The summed E-state index contributed by atoms with van der Waals surface area (Å²) in [5.74, 6) is -0.197. The van der Waals surface area contributed by atoms with E-state index >= 15 is 0 Å². The number of hydrogen-bond donors (Lipinski definition) is 0. The molecule has 0 spiro atoms. The topological polar surface area (TPSA) is 27.7 Å². The van der Waals surface area contributed by atoms with Gasteiger partial charge in [-0.25, -0.2) is 0 Å². The lowest BCUT2D eigenvalue weighted by Crippen LogP contribution is -2.53. The van der Waals surface area contributed by atoms with Gasteiger partial charge in [-0.1, -0.05) is 19.8 Å². The lowest BCUT2D eigenvalue weighted by molar-refractivity contribution is -0.450. The number of fused-ring (bicyclic) bond motifs is 3. The number of ether oxygens (including phenoxy) is 3. The summed E-state index contributed by atoms with van der Waals surface area (Å²) < 4.78 is 16.7. The van der Waals surface area contributed by atoms with Crippen molar-refractivity contribution >= 4 is 0 Å². The van der Waals surface area contributed by atoms with Gasteiger partial charge in [-0.05, 0) is 6.42 Å². The third kappa shape index (κ3) is 2.03. The van der Waals surface area contributed by atoms with E-state index in [1.807, 2.05) is 0 Å². The fourth-order valence-corrected chi connectivity index (χ4v) is 1.81. The summed E-state index contributed by atoms with van der Waals surface area (Å²) in [7, 11) is 0. The quantitative estimate of drug-likeness (QED) is 0.628. The van der Waals surface area contributed by atoms with Crippen molar-refractivity contribution in [3.8, 4) is 0 Å². The van der Waals surface area contributed by atoms with Gasteiger partial charge < -0.3 is 14.2 Å². The van der Waals surface area contributed by atoms with Crippen LogP contribution in [-0.2, 0) is 14.2 Å². The van der Waals surface area contributed by atoms with Crippen LogP contribution in [0.3, 0.4) is 0 Å². The van der Waals surface area contributed by atoms with Crippen LogP contribution in [0.2, 0.25) is 0 Å². The summed E-state index contributed by atoms with van der Waals surface area (Å²) in [5.41, 5.74) is 0. The Morgan fingerprint density at radius 3 is 2.23 bits per heavy atom. The van der Waals surface area contributed by atoms with Crippen LogP contribution in [0.15, 0.2) is 0 Å². The molecule has 3 heteroatoms. The summed E-state index contributed by atoms with van der Waals surface area (Å²) in [6, 6.07) is 0. The van der Waals surface area contributed by atoms with Crippen LogP contribution in [0.4, 0.5) is 0 Å². The summed E-state index contributed by atoms with van der Waals surface area (Å²) in [4.78, 5) is 0. The Balaban J connectivity index is 1.81. The first kappa shape index (κ1) is 9.44. The average molecular weight is 186 g/mol. The summed E-state index contributed by atoms with van der Waals surface area (Å²) in [6.07, 6.45) is 4.45. The Morgan fingerprint density at radius 2 is 1.69 bits per heavy atom. The Hall–Kier alpha value is -0.120. The minimum atomic E-state index is -0.663. The number of rotatable bonds is 4. The first-order valence-electron chi connectivity index (χ1n) is 5.26. The van der Waals surface area contributed by atoms with E-state index in [4.69, 9.17) is 14.2 Å². The molecule has 0 N–H and O–H groups in total. The zero-order valence-corrected chi connectivity index (χ0v) is 8.25. The molecule has 3 nitrogen and oxygen atoms in total. The van der Waals surface area contributed by atoms with Crippen molar-refractivity contribution in [1.82, 2.24) is 0 Å². The molecule has 3 aliphatic rings. The molecule has 76 valence electrons. The SMILES string of the molecule is CCCCCC12OCC(CO1)CO2. The average Bonchev–Trinajstić information content (AvgIpc) is 2.21. The van der Waals surface area contributed by atoms with Crippen molar-refractivity contribution in [3.05, 3.63) is 0 Å². The molecular formula is C10H18O3. The number of unbranched alkanes of at least 4 members (excludes halogenated alkanes) is 2. The molecule has 0 atom stereocenters. The maximum absolute atomic E-state index is 5.57. The van der Waals surface area contributed by atoms with Gasteiger partial charge in [0.25, 0.3) is 5.97 Å². The van der Waals surface area contributed by atoms with Crippen molar-refractivity contribution < 1.29 is 14.2 Å². The second kappa shape index (κ2) is 3.95. The van der Waals surface area contributed by atoms with E-state index in [1.54, 1.807) is 0 Å². The molecule has 0 aromatic heterocycles. The molecular weight excluding hydrogens is 168 g/mol. The van der Waals surface area contributed by atoms with E-state index in [9.17, 15) is 0 Å². The van der Waals surface area contributed by atoms with Gasteiger partial charge in [0.2, 0.25) is 0 Å². The molecule has 3 rings (SSSR count). The lowest BCUT2D eigenvalue weighted by atomic mass is 10.1. The van der Waals surface area contributed by atoms with E-state index in [1.165, 1.54) is 12.8 Å². The Kier molecular flexibility index (Phi) is 2.86. The number of hydrogen-bond acceptors (Lipinski definition) is 3. The van der Waals surface area contributed by atoms with Crippen molar-refractivity contribution in [2.45, 2.75) is 38.6 Å². The minimum absolute atomic E-state index is 0.466. The van der Waals surface area contributed by atoms with E-state index in [0.29, 0.717) is 5.92 Å². The Labute approximate surface area is 79.4 Å². The zero-order chi connectivity index (χ0) is 9.15. The van der Waals surface area contributed by atoms with E-state index < -0.39 is 5.97 Å². The van der Waals surface area contributed by atoms with Crippen LogP contribution in [0.25, 0.3) is 0 Å². The maximum atomic E-state index is 5.57. The van der Waals surface area contributed by atoms with Crippen LogP contribution >= 0.6 is 0 Å². The highest BCUT2D eigenvalue weighted by Gasteiger charge is 2.43. The first-order chi connectivity index (χ1) is 6.35. The van der Waals surface area contributed by atoms with Gasteiger partial charge in [0, 0.05) is 12.3 Å². The third-order valence-corrected chi connectivity index (χ3v) is 2.70. The molecule has 0 aromatic carbocycles. The molecule has 0 radical (unpaired) electrons. The second-order valence-corrected chi connectivity index (χ2v) is 3.94. The summed E-state index contributed by atoms with van der Waals surface area (Å²) in [5, 5.41) is 0. The van der Waals surface area contributed by atoms with Crippen LogP contribution in [-0.4, -0.2) is 25.8 Å². The molecule has 13 heavy (non-hydrogen) atoms. The van der Waals surface area contributed by atoms with Gasteiger partial charge in [-0.15, -0.1) is 0 Å². The van der Waals surface area contributed by atoms with E-state index in [0.717, 1.165) is 32.7 Å². The van der Waals surface area contributed by atoms with Crippen LogP contribution < -0.4 is 0 Å². The highest BCUT2D eigenvalue weighted by molar-refractivity contribution is 4.74. The minimum Gasteiger partial charge on any atom is -0.327 e. The third-order valence-electron chi connectivity index (χ3n) is 2.70. The zero-order valence-electron chi connectivity index (χ0n) is 8.25. The molecule has 0 amide bonds. The Bertz CT molecular complexity index is 148. The molecule has 0 aromatic rings. The molecule has 0 saturated carbocycles. The predicted octanol–water partition coefficient (Wildman–Crippen LogP) is 1.91.